The summed E-state index contributed by atoms with van der Waals surface area (Å²) in [5, 5.41) is 16.2. The zero-order valence-corrected chi connectivity index (χ0v) is 17.6. The monoisotopic (exact) mass is 415 g/mol. The molecule has 0 unspecified atom stereocenters. The SMILES string of the molecule is O=C(c1cc(-c2ccoc2CNCCO)on1)N(C1CCCCC1)C1CCCCC1. The summed E-state index contributed by atoms with van der Waals surface area (Å²) >= 11 is 0. The van der Waals surface area contributed by atoms with E-state index in [1.54, 1.807) is 12.3 Å². The Hall–Kier alpha value is -2.12. The van der Waals surface area contributed by atoms with Crippen LogP contribution in [0.5, 0.6) is 0 Å². The molecule has 2 aliphatic carbocycles. The zero-order chi connectivity index (χ0) is 20.8. The van der Waals surface area contributed by atoms with Gasteiger partial charge in [0.2, 0.25) is 0 Å². The predicted molar refractivity (Wildman–Crippen MR) is 113 cm³/mol. The third-order valence-electron chi connectivity index (χ3n) is 6.48. The van der Waals surface area contributed by atoms with Crippen molar-refractivity contribution in [3.05, 3.63) is 29.9 Å². The minimum Gasteiger partial charge on any atom is -0.467 e. The van der Waals surface area contributed by atoms with Crippen LogP contribution in [0.4, 0.5) is 0 Å². The quantitative estimate of drug-likeness (QED) is 0.630. The summed E-state index contributed by atoms with van der Waals surface area (Å²) in [5.41, 5.74) is 1.17. The number of carbonyl (C=O) groups excluding carboxylic acids is 1. The second-order valence-corrected chi connectivity index (χ2v) is 8.53. The average molecular weight is 416 g/mol. The summed E-state index contributed by atoms with van der Waals surface area (Å²) in [4.78, 5) is 15.7. The Morgan fingerprint density at radius 1 is 1.10 bits per heavy atom. The lowest BCUT2D eigenvalue weighted by Crippen LogP contribution is -2.48. The fourth-order valence-electron chi connectivity index (χ4n) is 4.96. The molecule has 0 aromatic carbocycles. The number of nitrogens with zero attached hydrogens (tertiary/aromatic N) is 2. The maximum absolute atomic E-state index is 13.6. The number of aromatic nitrogens is 1. The van der Waals surface area contributed by atoms with Crippen LogP contribution < -0.4 is 5.32 Å². The third-order valence-corrected chi connectivity index (χ3v) is 6.48. The Balaban J connectivity index is 1.53. The highest BCUT2D eigenvalue weighted by molar-refractivity contribution is 5.93. The number of aliphatic hydroxyl groups is 1. The first-order valence-corrected chi connectivity index (χ1v) is 11.5. The summed E-state index contributed by atoms with van der Waals surface area (Å²) in [6.07, 6.45) is 13.3. The fourth-order valence-corrected chi connectivity index (χ4v) is 4.96. The molecule has 7 nitrogen and oxygen atoms in total. The summed E-state index contributed by atoms with van der Waals surface area (Å²) in [7, 11) is 0. The first kappa shape index (κ1) is 21.1. The van der Waals surface area contributed by atoms with Gasteiger partial charge in [0, 0.05) is 24.7 Å². The van der Waals surface area contributed by atoms with E-state index in [9.17, 15) is 4.79 Å². The van der Waals surface area contributed by atoms with Crippen molar-refractivity contribution in [2.24, 2.45) is 0 Å². The molecule has 0 atom stereocenters. The Morgan fingerprint density at radius 2 is 1.77 bits per heavy atom. The number of carbonyl (C=O) groups is 1. The molecule has 164 valence electrons. The predicted octanol–water partition coefficient (Wildman–Crippen LogP) is 4.12. The molecule has 0 aliphatic heterocycles. The van der Waals surface area contributed by atoms with E-state index < -0.39 is 0 Å². The molecule has 2 aromatic rings. The lowest BCUT2D eigenvalue weighted by atomic mass is 9.88. The van der Waals surface area contributed by atoms with Crippen molar-refractivity contribution in [3.63, 3.8) is 0 Å². The number of rotatable bonds is 8. The van der Waals surface area contributed by atoms with Crippen LogP contribution in [0.3, 0.4) is 0 Å². The van der Waals surface area contributed by atoms with Crippen LogP contribution in [-0.2, 0) is 6.54 Å². The molecule has 0 saturated heterocycles. The van der Waals surface area contributed by atoms with Gasteiger partial charge in [-0.3, -0.25) is 4.79 Å². The number of nitrogens with one attached hydrogen (secondary N) is 1. The molecule has 4 rings (SSSR count). The van der Waals surface area contributed by atoms with E-state index in [0.29, 0.717) is 42.4 Å². The highest BCUT2D eigenvalue weighted by Gasteiger charge is 2.34. The summed E-state index contributed by atoms with van der Waals surface area (Å²) in [5.74, 6) is 1.25. The van der Waals surface area contributed by atoms with Gasteiger partial charge in [-0.15, -0.1) is 0 Å². The molecule has 2 aliphatic rings. The molecule has 0 bridgehead atoms. The van der Waals surface area contributed by atoms with Crippen LogP contribution in [0.1, 0.15) is 80.5 Å². The van der Waals surface area contributed by atoms with Crippen LogP contribution in [-0.4, -0.2) is 46.3 Å². The molecule has 1 amide bonds. The Morgan fingerprint density at radius 3 is 2.40 bits per heavy atom. The largest absolute Gasteiger partial charge is 0.467 e. The highest BCUT2D eigenvalue weighted by atomic mass is 16.5. The second kappa shape index (κ2) is 10.3. The molecule has 2 heterocycles. The molecule has 2 N–H and O–H groups in total. The van der Waals surface area contributed by atoms with Crippen LogP contribution in [0.15, 0.2) is 27.3 Å². The van der Waals surface area contributed by atoms with E-state index in [-0.39, 0.29) is 12.5 Å². The van der Waals surface area contributed by atoms with Gasteiger partial charge in [0.05, 0.1) is 25.0 Å². The van der Waals surface area contributed by atoms with Gasteiger partial charge in [0.25, 0.3) is 5.91 Å². The number of furan rings is 1. The molecule has 2 fully saturated rings. The smallest absolute Gasteiger partial charge is 0.276 e. The van der Waals surface area contributed by atoms with Gasteiger partial charge in [-0.2, -0.15) is 0 Å². The van der Waals surface area contributed by atoms with Gasteiger partial charge in [-0.05, 0) is 31.7 Å². The molecule has 0 radical (unpaired) electrons. The number of aliphatic hydroxyl groups excluding tert-OH is 1. The molecule has 30 heavy (non-hydrogen) atoms. The lowest BCUT2D eigenvalue weighted by molar-refractivity contribution is 0.0438. The first-order valence-electron chi connectivity index (χ1n) is 11.5. The number of amides is 1. The van der Waals surface area contributed by atoms with Crippen LogP contribution in [0.25, 0.3) is 11.3 Å². The van der Waals surface area contributed by atoms with Crippen molar-refractivity contribution in [3.8, 4) is 11.3 Å². The van der Waals surface area contributed by atoms with Crippen molar-refractivity contribution >= 4 is 5.91 Å². The maximum atomic E-state index is 13.6. The molecule has 2 aromatic heterocycles. The summed E-state index contributed by atoms with van der Waals surface area (Å²) in [6, 6.07) is 4.22. The third kappa shape index (κ3) is 4.78. The van der Waals surface area contributed by atoms with Crippen LogP contribution in [0, 0.1) is 0 Å². The average Bonchev–Trinajstić information content (AvgIpc) is 3.45. The zero-order valence-electron chi connectivity index (χ0n) is 17.6. The Labute approximate surface area is 177 Å². The van der Waals surface area contributed by atoms with Crippen molar-refractivity contribution in [1.29, 1.82) is 0 Å². The summed E-state index contributed by atoms with van der Waals surface area (Å²) in [6.45, 7) is 1.02. The van der Waals surface area contributed by atoms with E-state index in [1.807, 2.05) is 6.07 Å². The van der Waals surface area contributed by atoms with Crippen molar-refractivity contribution in [1.82, 2.24) is 15.4 Å². The molecular weight excluding hydrogens is 382 g/mol. The van der Waals surface area contributed by atoms with Gasteiger partial charge in [0.1, 0.15) is 5.76 Å². The Kier molecular flexibility index (Phi) is 7.23. The molecule has 7 heteroatoms. The number of hydrogen-bond acceptors (Lipinski definition) is 6. The molecular formula is C23H33N3O4. The molecule has 0 spiro atoms. The minimum absolute atomic E-state index is 0.00671. The van der Waals surface area contributed by atoms with Gasteiger partial charge in [-0.1, -0.05) is 43.7 Å². The standard InChI is InChI=1S/C23H33N3O4/c27-13-12-24-16-22-19(11-14-29-22)21-15-20(25-30-21)23(28)26(17-7-3-1-4-8-17)18-9-5-2-6-10-18/h11,14-15,17-18,24,27H,1-10,12-13,16H2. The lowest BCUT2D eigenvalue weighted by Gasteiger charge is -2.41. The van der Waals surface area contributed by atoms with E-state index in [1.165, 1.54) is 38.5 Å². The molecule has 2 saturated carbocycles. The first-order chi connectivity index (χ1) is 14.8. The fraction of sp³-hybridized carbons (Fsp3) is 0.652. The topological polar surface area (TPSA) is 91.7 Å². The van der Waals surface area contributed by atoms with Crippen LogP contribution in [0.2, 0.25) is 0 Å². The highest BCUT2D eigenvalue weighted by Crippen LogP contribution is 2.32. The maximum Gasteiger partial charge on any atom is 0.276 e. The van der Waals surface area contributed by atoms with Crippen molar-refractivity contribution in [2.45, 2.75) is 82.8 Å². The minimum atomic E-state index is 0.00671. The van der Waals surface area contributed by atoms with Gasteiger partial charge < -0.3 is 24.3 Å². The second-order valence-electron chi connectivity index (χ2n) is 8.53. The van der Waals surface area contributed by atoms with Crippen molar-refractivity contribution < 1.29 is 18.8 Å². The summed E-state index contributed by atoms with van der Waals surface area (Å²) < 4.78 is 11.1. The van der Waals surface area contributed by atoms with Crippen molar-refractivity contribution in [2.75, 3.05) is 13.2 Å². The van der Waals surface area contributed by atoms with E-state index >= 15 is 0 Å². The van der Waals surface area contributed by atoms with E-state index in [0.717, 1.165) is 31.2 Å². The van der Waals surface area contributed by atoms with Gasteiger partial charge in [0.15, 0.2) is 11.5 Å². The van der Waals surface area contributed by atoms with E-state index in [2.05, 4.69) is 15.4 Å². The van der Waals surface area contributed by atoms with Crippen LogP contribution >= 0.6 is 0 Å². The number of hydrogen-bond donors (Lipinski definition) is 2. The van der Waals surface area contributed by atoms with Gasteiger partial charge >= 0.3 is 0 Å². The normalized spacial score (nSPS) is 18.6. The van der Waals surface area contributed by atoms with Gasteiger partial charge in [-0.25, -0.2) is 0 Å². The Bertz CT molecular complexity index is 785. The van der Waals surface area contributed by atoms with E-state index in [4.69, 9.17) is 14.0 Å².